The molecule has 0 saturated heterocycles. The summed E-state index contributed by atoms with van der Waals surface area (Å²) >= 11 is 0. The molecule has 1 nitrogen and oxygen atoms in total. The molecule has 0 spiro atoms. The summed E-state index contributed by atoms with van der Waals surface area (Å²) in [5.41, 5.74) is 6.95. The molecule has 0 bridgehead atoms. The van der Waals surface area contributed by atoms with E-state index >= 15 is 0 Å². The highest BCUT2D eigenvalue weighted by molar-refractivity contribution is 4.96. The maximum Gasteiger partial charge on any atom is 0.0183 e. The summed E-state index contributed by atoms with van der Waals surface area (Å²) in [6.07, 6.45) is 13.8. The Kier molecular flexibility index (Phi) is 4.52. The molecule has 2 fully saturated rings. The van der Waals surface area contributed by atoms with E-state index in [0.29, 0.717) is 0 Å². The third-order valence-electron chi connectivity index (χ3n) is 5.56. The molecule has 17 heavy (non-hydrogen) atoms. The number of nitrogens with two attached hydrogens (primary N) is 1. The Morgan fingerprint density at radius 3 is 2.12 bits per heavy atom. The average Bonchev–Trinajstić information content (AvgIpc) is 2.33. The van der Waals surface area contributed by atoms with Crippen molar-refractivity contribution in [1.29, 1.82) is 0 Å². The minimum absolute atomic E-state index is 0.213. The third-order valence-corrected chi connectivity index (χ3v) is 5.56. The predicted octanol–water partition coefficient (Wildman–Crippen LogP) is 4.50. The molecule has 2 aliphatic rings. The molecule has 2 rings (SSSR count). The maximum absolute atomic E-state index is 6.74. The summed E-state index contributed by atoms with van der Waals surface area (Å²) < 4.78 is 0. The Balaban J connectivity index is 1.84. The van der Waals surface area contributed by atoms with Crippen LogP contribution in [0.15, 0.2) is 0 Å². The van der Waals surface area contributed by atoms with E-state index in [1.165, 1.54) is 64.2 Å². The Hall–Kier alpha value is -0.0400. The molecule has 0 amide bonds. The van der Waals surface area contributed by atoms with Crippen molar-refractivity contribution in [3.63, 3.8) is 0 Å². The van der Waals surface area contributed by atoms with Crippen molar-refractivity contribution in [1.82, 2.24) is 0 Å². The number of rotatable bonds is 3. The first-order valence-electron chi connectivity index (χ1n) is 7.93. The lowest BCUT2D eigenvalue weighted by Gasteiger charge is -2.45. The van der Waals surface area contributed by atoms with Crippen LogP contribution in [0.25, 0.3) is 0 Å². The summed E-state index contributed by atoms with van der Waals surface area (Å²) in [4.78, 5) is 0. The fourth-order valence-electron chi connectivity index (χ4n) is 4.16. The lowest BCUT2D eigenvalue weighted by atomic mass is 9.64. The second kappa shape index (κ2) is 5.73. The van der Waals surface area contributed by atoms with E-state index in [9.17, 15) is 0 Å². The SMILES string of the molecule is CCCC1CCC(N)(C2CCC(C)CC2)CC1. The molecule has 0 aromatic carbocycles. The molecule has 0 aliphatic heterocycles. The predicted molar refractivity (Wildman–Crippen MR) is 74.9 cm³/mol. The molecule has 0 atom stereocenters. The van der Waals surface area contributed by atoms with Gasteiger partial charge in [-0.05, 0) is 56.3 Å². The van der Waals surface area contributed by atoms with Gasteiger partial charge < -0.3 is 5.73 Å². The van der Waals surface area contributed by atoms with Crippen LogP contribution in [0.3, 0.4) is 0 Å². The van der Waals surface area contributed by atoms with Crippen LogP contribution in [0.2, 0.25) is 0 Å². The molecule has 100 valence electrons. The van der Waals surface area contributed by atoms with Crippen molar-refractivity contribution < 1.29 is 0 Å². The second-order valence-corrected chi connectivity index (χ2v) is 6.92. The molecular weight excluding hydrogens is 206 g/mol. The van der Waals surface area contributed by atoms with Gasteiger partial charge in [-0.1, -0.05) is 39.5 Å². The van der Waals surface area contributed by atoms with Gasteiger partial charge in [-0.25, -0.2) is 0 Å². The van der Waals surface area contributed by atoms with Gasteiger partial charge in [0.15, 0.2) is 0 Å². The summed E-state index contributed by atoms with van der Waals surface area (Å²) in [6.45, 7) is 4.71. The zero-order chi connectivity index (χ0) is 12.3. The molecule has 2 aliphatic carbocycles. The van der Waals surface area contributed by atoms with Crippen LogP contribution in [0.1, 0.15) is 78.1 Å². The van der Waals surface area contributed by atoms with E-state index in [0.717, 1.165) is 17.8 Å². The summed E-state index contributed by atoms with van der Waals surface area (Å²) in [7, 11) is 0. The Morgan fingerprint density at radius 1 is 1.00 bits per heavy atom. The average molecular weight is 237 g/mol. The highest BCUT2D eigenvalue weighted by Crippen LogP contribution is 2.43. The van der Waals surface area contributed by atoms with Crippen molar-refractivity contribution in [3.8, 4) is 0 Å². The third kappa shape index (κ3) is 3.24. The largest absolute Gasteiger partial charge is 0.325 e. The molecule has 0 aromatic heterocycles. The molecule has 0 aromatic rings. The van der Waals surface area contributed by atoms with Gasteiger partial charge in [0, 0.05) is 5.54 Å². The van der Waals surface area contributed by atoms with E-state index in [-0.39, 0.29) is 5.54 Å². The monoisotopic (exact) mass is 237 g/mol. The van der Waals surface area contributed by atoms with Crippen LogP contribution in [0.4, 0.5) is 0 Å². The van der Waals surface area contributed by atoms with Gasteiger partial charge in [0.1, 0.15) is 0 Å². The molecule has 0 heterocycles. The van der Waals surface area contributed by atoms with E-state index in [1.54, 1.807) is 0 Å². The zero-order valence-corrected chi connectivity index (χ0v) is 11.9. The van der Waals surface area contributed by atoms with Gasteiger partial charge in [0.25, 0.3) is 0 Å². The molecule has 2 saturated carbocycles. The van der Waals surface area contributed by atoms with Crippen molar-refractivity contribution >= 4 is 0 Å². The standard InChI is InChI=1S/C16H31N/c1-3-4-14-9-11-16(17,12-10-14)15-7-5-13(2)6-8-15/h13-15H,3-12,17H2,1-2H3. The van der Waals surface area contributed by atoms with Crippen LogP contribution in [0, 0.1) is 17.8 Å². The van der Waals surface area contributed by atoms with Crippen LogP contribution < -0.4 is 5.73 Å². The van der Waals surface area contributed by atoms with Crippen LogP contribution in [-0.4, -0.2) is 5.54 Å². The second-order valence-electron chi connectivity index (χ2n) is 6.92. The molecule has 0 radical (unpaired) electrons. The first-order chi connectivity index (χ1) is 8.14. The molecular formula is C16H31N. The fourth-order valence-corrected chi connectivity index (χ4v) is 4.16. The highest BCUT2D eigenvalue weighted by atomic mass is 14.8. The van der Waals surface area contributed by atoms with Crippen molar-refractivity contribution in [2.75, 3.05) is 0 Å². The number of hydrogen-bond acceptors (Lipinski definition) is 1. The van der Waals surface area contributed by atoms with Crippen molar-refractivity contribution in [3.05, 3.63) is 0 Å². The van der Waals surface area contributed by atoms with Crippen LogP contribution in [0.5, 0.6) is 0 Å². The molecule has 0 unspecified atom stereocenters. The normalized spacial score (nSPS) is 43.6. The summed E-state index contributed by atoms with van der Waals surface area (Å²) in [5, 5.41) is 0. The van der Waals surface area contributed by atoms with Gasteiger partial charge in [-0.15, -0.1) is 0 Å². The van der Waals surface area contributed by atoms with Gasteiger partial charge in [-0.2, -0.15) is 0 Å². The maximum atomic E-state index is 6.74. The quantitative estimate of drug-likeness (QED) is 0.768. The van der Waals surface area contributed by atoms with Crippen LogP contribution in [-0.2, 0) is 0 Å². The minimum atomic E-state index is 0.213. The van der Waals surface area contributed by atoms with Crippen molar-refractivity contribution in [2.24, 2.45) is 23.5 Å². The van der Waals surface area contributed by atoms with E-state index < -0.39 is 0 Å². The summed E-state index contributed by atoms with van der Waals surface area (Å²) in [6, 6.07) is 0. The Morgan fingerprint density at radius 2 is 1.59 bits per heavy atom. The highest BCUT2D eigenvalue weighted by Gasteiger charge is 2.39. The van der Waals surface area contributed by atoms with E-state index in [4.69, 9.17) is 5.73 Å². The topological polar surface area (TPSA) is 26.0 Å². The van der Waals surface area contributed by atoms with E-state index in [1.807, 2.05) is 0 Å². The lowest BCUT2D eigenvalue weighted by Crippen LogP contribution is -2.50. The lowest BCUT2D eigenvalue weighted by molar-refractivity contribution is 0.114. The van der Waals surface area contributed by atoms with E-state index in [2.05, 4.69) is 13.8 Å². The van der Waals surface area contributed by atoms with Crippen molar-refractivity contribution in [2.45, 2.75) is 83.6 Å². The summed E-state index contributed by atoms with van der Waals surface area (Å²) in [5.74, 6) is 2.77. The zero-order valence-electron chi connectivity index (χ0n) is 11.9. The minimum Gasteiger partial charge on any atom is -0.325 e. The van der Waals surface area contributed by atoms with Gasteiger partial charge in [-0.3, -0.25) is 0 Å². The first-order valence-corrected chi connectivity index (χ1v) is 7.93. The van der Waals surface area contributed by atoms with Gasteiger partial charge in [0.05, 0.1) is 0 Å². The first kappa shape index (κ1) is 13.4. The smallest absolute Gasteiger partial charge is 0.0183 e. The number of hydrogen-bond donors (Lipinski definition) is 1. The Bertz CT molecular complexity index is 220. The van der Waals surface area contributed by atoms with Gasteiger partial charge in [0.2, 0.25) is 0 Å². The Labute approximate surface area is 108 Å². The molecule has 1 heteroatoms. The fraction of sp³-hybridized carbons (Fsp3) is 1.00. The molecule has 2 N–H and O–H groups in total. The van der Waals surface area contributed by atoms with Crippen LogP contribution >= 0.6 is 0 Å². The van der Waals surface area contributed by atoms with Gasteiger partial charge >= 0.3 is 0 Å².